The monoisotopic (exact) mass is 247 g/mol. The lowest BCUT2D eigenvalue weighted by Crippen LogP contribution is -2.29. The van der Waals surface area contributed by atoms with E-state index in [2.05, 4.69) is 5.32 Å². The number of para-hydroxylation sites is 1. The number of hydrogen-bond acceptors (Lipinski definition) is 4. The Balaban J connectivity index is 2.53. The quantitative estimate of drug-likeness (QED) is 0.730. The van der Waals surface area contributed by atoms with Gasteiger partial charge in [0, 0.05) is 18.7 Å². The van der Waals surface area contributed by atoms with E-state index in [9.17, 15) is 4.79 Å². The van der Waals surface area contributed by atoms with Gasteiger partial charge in [0.1, 0.15) is 5.75 Å². The van der Waals surface area contributed by atoms with Gasteiger partial charge in [0.15, 0.2) is 6.61 Å². The third-order valence-electron chi connectivity index (χ3n) is 2.42. The number of benzene rings is 1. The van der Waals surface area contributed by atoms with Crippen LogP contribution in [0.5, 0.6) is 5.75 Å². The molecule has 5 heteroatoms. The predicted octanol–water partition coefficient (Wildman–Crippen LogP) is 0.862. The summed E-state index contributed by atoms with van der Waals surface area (Å²) in [4.78, 5) is 11.4. The van der Waals surface area contributed by atoms with Crippen LogP contribution in [0.3, 0.4) is 0 Å². The highest BCUT2D eigenvalue weighted by Crippen LogP contribution is 2.22. The summed E-state index contributed by atoms with van der Waals surface area (Å²) in [5.41, 5.74) is 7.43. The maximum absolute atomic E-state index is 11.4. The third-order valence-corrected chi connectivity index (χ3v) is 2.42. The van der Waals surface area contributed by atoms with Crippen molar-refractivity contribution < 1.29 is 9.53 Å². The van der Waals surface area contributed by atoms with Gasteiger partial charge in [-0.25, -0.2) is 0 Å². The zero-order valence-corrected chi connectivity index (χ0v) is 10.4. The summed E-state index contributed by atoms with van der Waals surface area (Å²) in [5.74, 6) is 0.423. The molecule has 0 saturated heterocycles. The number of ether oxygens (including phenoxy) is 1. The number of nitrogens with one attached hydrogen (secondary N) is 1. The first-order valence-electron chi connectivity index (χ1n) is 5.74. The van der Waals surface area contributed by atoms with Crippen LogP contribution in [0, 0.1) is 18.3 Å². The average Bonchev–Trinajstić information content (AvgIpc) is 2.37. The average molecular weight is 247 g/mol. The van der Waals surface area contributed by atoms with Crippen LogP contribution >= 0.6 is 0 Å². The summed E-state index contributed by atoms with van der Waals surface area (Å²) in [6.45, 7) is 2.55. The second-order valence-electron chi connectivity index (χ2n) is 3.81. The molecule has 0 aliphatic rings. The fourth-order valence-electron chi connectivity index (χ4n) is 1.53. The van der Waals surface area contributed by atoms with E-state index < -0.39 is 0 Å². The number of nitriles is 1. The zero-order valence-electron chi connectivity index (χ0n) is 10.4. The number of hydrogen-bond donors (Lipinski definition) is 2. The molecule has 0 spiro atoms. The van der Waals surface area contributed by atoms with Gasteiger partial charge in [-0.1, -0.05) is 18.2 Å². The predicted molar refractivity (Wildman–Crippen MR) is 67.8 cm³/mol. The van der Waals surface area contributed by atoms with Gasteiger partial charge in [-0.05, 0) is 12.5 Å². The van der Waals surface area contributed by atoms with E-state index in [0.29, 0.717) is 25.3 Å². The second kappa shape index (κ2) is 7.30. The van der Waals surface area contributed by atoms with Crippen molar-refractivity contribution in [1.29, 1.82) is 5.26 Å². The standard InChI is InChI=1S/C13H17N3O2/c1-10-4-2-5-11(8-15)13(10)18-9-12(17)16-7-3-6-14/h2,4-5H,3,7-9,15H2,1H3,(H,16,17). The van der Waals surface area contributed by atoms with Crippen molar-refractivity contribution in [2.75, 3.05) is 13.2 Å². The van der Waals surface area contributed by atoms with Crippen LogP contribution < -0.4 is 15.8 Å². The highest BCUT2D eigenvalue weighted by molar-refractivity contribution is 5.77. The minimum atomic E-state index is -0.239. The van der Waals surface area contributed by atoms with Crippen LogP contribution in [-0.4, -0.2) is 19.1 Å². The molecule has 5 nitrogen and oxygen atoms in total. The van der Waals surface area contributed by atoms with Crippen molar-refractivity contribution in [1.82, 2.24) is 5.32 Å². The molecule has 1 rings (SSSR count). The Morgan fingerprint density at radius 2 is 2.33 bits per heavy atom. The van der Waals surface area contributed by atoms with Crippen LogP contribution in [0.15, 0.2) is 18.2 Å². The Labute approximate surface area is 107 Å². The van der Waals surface area contributed by atoms with E-state index in [1.807, 2.05) is 31.2 Å². The molecule has 1 aromatic carbocycles. The number of carbonyl (C=O) groups is 1. The molecule has 0 radical (unpaired) electrons. The van der Waals surface area contributed by atoms with Gasteiger partial charge in [0.25, 0.3) is 5.91 Å². The first-order chi connectivity index (χ1) is 8.69. The SMILES string of the molecule is Cc1cccc(CN)c1OCC(=O)NCCC#N. The van der Waals surface area contributed by atoms with E-state index in [4.69, 9.17) is 15.7 Å². The van der Waals surface area contributed by atoms with E-state index in [1.54, 1.807) is 0 Å². The molecule has 0 aliphatic carbocycles. The van der Waals surface area contributed by atoms with Crippen molar-refractivity contribution in [3.05, 3.63) is 29.3 Å². The van der Waals surface area contributed by atoms with E-state index >= 15 is 0 Å². The number of amides is 1. The molecular weight excluding hydrogens is 230 g/mol. The van der Waals surface area contributed by atoms with Crippen molar-refractivity contribution >= 4 is 5.91 Å². The Morgan fingerprint density at radius 3 is 3.00 bits per heavy atom. The van der Waals surface area contributed by atoms with Crippen LogP contribution in [0.4, 0.5) is 0 Å². The van der Waals surface area contributed by atoms with E-state index in [1.165, 1.54) is 0 Å². The Morgan fingerprint density at radius 1 is 1.56 bits per heavy atom. The first-order valence-corrected chi connectivity index (χ1v) is 5.74. The number of rotatable bonds is 6. The van der Waals surface area contributed by atoms with Gasteiger partial charge in [-0.3, -0.25) is 4.79 Å². The molecule has 0 unspecified atom stereocenters. The molecule has 96 valence electrons. The minimum Gasteiger partial charge on any atom is -0.483 e. The number of nitrogens with zero attached hydrogens (tertiary/aromatic N) is 1. The molecule has 0 bridgehead atoms. The Kier molecular flexibility index (Phi) is 5.68. The number of nitrogens with two attached hydrogens (primary N) is 1. The topological polar surface area (TPSA) is 88.1 Å². The summed E-state index contributed by atoms with van der Waals surface area (Å²) < 4.78 is 5.48. The molecule has 0 aromatic heterocycles. The molecule has 1 aromatic rings. The highest BCUT2D eigenvalue weighted by Gasteiger charge is 2.08. The smallest absolute Gasteiger partial charge is 0.257 e. The maximum Gasteiger partial charge on any atom is 0.257 e. The number of carbonyl (C=O) groups excluding carboxylic acids is 1. The highest BCUT2D eigenvalue weighted by atomic mass is 16.5. The molecule has 0 saturated carbocycles. The fourth-order valence-corrected chi connectivity index (χ4v) is 1.53. The molecule has 1 amide bonds. The summed E-state index contributed by atoms with van der Waals surface area (Å²) in [6.07, 6.45) is 0.296. The summed E-state index contributed by atoms with van der Waals surface area (Å²) in [6, 6.07) is 7.63. The fraction of sp³-hybridized carbons (Fsp3) is 0.385. The number of aryl methyl sites for hydroxylation is 1. The lowest BCUT2D eigenvalue weighted by Gasteiger charge is -2.12. The molecule has 3 N–H and O–H groups in total. The van der Waals surface area contributed by atoms with Crippen molar-refractivity contribution in [3.8, 4) is 11.8 Å². The van der Waals surface area contributed by atoms with Crippen LogP contribution in [0.2, 0.25) is 0 Å². The van der Waals surface area contributed by atoms with E-state index in [0.717, 1.165) is 11.1 Å². The Bertz CT molecular complexity index is 452. The molecule has 0 heterocycles. The Hall–Kier alpha value is -2.06. The van der Waals surface area contributed by atoms with Gasteiger partial charge in [-0.15, -0.1) is 0 Å². The van der Waals surface area contributed by atoms with Crippen LogP contribution in [0.1, 0.15) is 17.5 Å². The van der Waals surface area contributed by atoms with Gasteiger partial charge in [-0.2, -0.15) is 5.26 Å². The second-order valence-corrected chi connectivity index (χ2v) is 3.81. The normalized spacial score (nSPS) is 9.61. The van der Waals surface area contributed by atoms with Gasteiger partial charge in [0.05, 0.1) is 12.5 Å². The lowest BCUT2D eigenvalue weighted by molar-refractivity contribution is -0.123. The lowest BCUT2D eigenvalue weighted by atomic mass is 10.1. The van der Waals surface area contributed by atoms with Crippen molar-refractivity contribution in [3.63, 3.8) is 0 Å². The van der Waals surface area contributed by atoms with Crippen molar-refractivity contribution in [2.24, 2.45) is 5.73 Å². The van der Waals surface area contributed by atoms with Gasteiger partial charge in [0.2, 0.25) is 0 Å². The molecule has 0 fully saturated rings. The maximum atomic E-state index is 11.4. The first kappa shape index (κ1) is 14.0. The zero-order chi connectivity index (χ0) is 13.4. The van der Waals surface area contributed by atoms with Crippen molar-refractivity contribution in [2.45, 2.75) is 19.9 Å². The molecule has 18 heavy (non-hydrogen) atoms. The molecule has 0 aliphatic heterocycles. The largest absolute Gasteiger partial charge is 0.483 e. The summed E-state index contributed by atoms with van der Waals surface area (Å²) in [5, 5.41) is 10.9. The third kappa shape index (κ3) is 4.07. The van der Waals surface area contributed by atoms with E-state index in [-0.39, 0.29) is 12.5 Å². The van der Waals surface area contributed by atoms with Crippen LogP contribution in [0.25, 0.3) is 0 Å². The minimum absolute atomic E-state index is 0.0662. The summed E-state index contributed by atoms with van der Waals surface area (Å²) in [7, 11) is 0. The van der Waals surface area contributed by atoms with Gasteiger partial charge < -0.3 is 15.8 Å². The van der Waals surface area contributed by atoms with Crippen LogP contribution in [-0.2, 0) is 11.3 Å². The van der Waals surface area contributed by atoms with Gasteiger partial charge >= 0.3 is 0 Å². The summed E-state index contributed by atoms with van der Waals surface area (Å²) >= 11 is 0. The molecule has 0 atom stereocenters. The molecular formula is C13H17N3O2.